The van der Waals surface area contributed by atoms with Gasteiger partial charge in [-0.3, -0.25) is 4.79 Å². The molecule has 0 unspecified atom stereocenters. The predicted octanol–water partition coefficient (Wildman–Crippen LogP) is 4.90. The van der Waals surface area contributed by atoms with Gasteiger partial charge >= 0.3 is 5.97 Å². The van der Waals surface area contributed by atoms with Crippen molar-refractivity contribution in [1.82, 2.24) is 0 Å². The Kier molecular flexibility index (Phi) is 6.19. The quantitative estimate of drug-likeness (QED) is 0.778. The minimum Gasteiger partial charge on any atom is -0.452 e. The van der Waals surface area contributed by atoms with E-state index in [1.54, 1.807) is 12.1 Å². The zero-order valence-electron chi connectivity index (χ0n) is 16.1. The summed E-state index contributed by atoms with van der Waals surface area (Å²) in [6.45, 7) is 10.1. The highest BCUT2D eigenvalue weighted by molar-refractivity contribution is 5.96. The van der Waals surface area contributed by atoms with E-state index in [0.717, 1.165) is 16.8 Å². The summed E-state index contributed by atoms with van der Waals surface area (Å²) in [6.07, 6.45) is 0. The fourth-order valence-electron chi connectivity index (χ4n) is 2.62. The van der Waals surface area contributed by atoms with Gasteiger partial charge in [0.15, 0.2) is 6.61 Å². The van der Waals surface area contributed by atoms with Crippen molar-refractivity contribution in [2.24, 2.45) is 0 Å². The largest absolute Gasteiger partial charge is 0.452 e. The molecular weight excluding hydrogens is 326 g/mol. The molecule has 0 saturated heterocycles. The topological polar surface area (TPSA) is 55.4 Å². The van der Waals surface area contributed by atoms with E-state index in [0.29, 0.717) is 5.56 Å². The highest BCUT2D eigenvalue weighted by Crippen LogP contribution is 2.24. The van der Waals surface area contributed by atoms with Crippen LogP contribution in [0.3, 0.4) is 0 Å². The van der Waals surface area contributed by atoms with Crippen molar-refractivity contribution in [3.8, 4) is 0 Å². The number of hydrogen-bond acceptors (Lipinski definition) is 3. The maximum absolute atomic E-state index is 12.1. The molecule has 4 heteroatoms. The molecule has 0 aliphatic heterocycles. The van der Waals surface area contributed by atoms with Crippen molar-refractivity contribution in [3.63, 3.8) is 0 Å². The Morgan fingerprint density at radius 3 is 2.19 bits per heavy atom. The van der Waals surface area contributed by atoms with Crippen LogP contribution >= 0.6 is 0 Å². The third kappa shape index (κ3) is 5.19. The van der Waals surface area contributed by atoms with Gasteiger partial charge in [-0.1, -0.05) is 65.0 Å². The Hall–Kier alpha value is -2.62. The number of benzene rings is 2. The molecule has 0 atom stereocenters. The minimum absolute atomic E-state index is 0.0200. The van der Waals surface area contributed by atoms with Crippen LogP contribution in [0.2, 0.25) is 0 Å². The summed E-state index contributed by atoms with van der Waals surface area (Å²) in [5, 5.41) is 2.81. The third-order valence-corrected chi connectivity index (χ3v) is 4.18. The fourth-order valence-corrected chi connectivity index (χ4v) is 2.62. The van der Waals surface area contributed by atoms with Crippen LogP contribution < -0.4 is 5.32 Å². The molecule has 2 rings (SSSR count). The molecule has 26 heavy (non-hydrogen) atoms. The van der Waals surface area contributed by atoms with Gasteiger partial charge in [-0.2, -0.15) is 0 Å². The van der Waals surface area contributed by atoms with Crippen molar-refractivity contribution in [1.29, 1.82) is 0 Å². The first-order valence-corrected chi connectivity index (χ1v) is 8.85. The van der Waals surface area contributed by atoms with Crippen LogP contribution in [0.5, 0.6) is 0 Å². The van der Waals surface area contributed by atoms with E-state index in [1.165, 1.54) is 0 Å². The van der Waals surface area contributed by atoms with Crippen LogP contribution in [0.15, 0.2) is 48.5 Å². The number of nitrogens with one attached hydrogen (secondary N) is 1. The number of carbonyl (C=O) groups excluding carboxylic acids is 2. The molecule has 0 radical (unpaired) electrons. The lowest BCUT2D eigenvalue weighted by atomic mass is 9.87. The number of carbonyl (C=O) groups is 2. The second kappa shape index (κ2) is 8.17. The average Bonchev–Trinajstić information content (AvgIpc) is 2.59. The Morgan fingerprint density at radius 1 is 1.00 bits per heavy atom. The number of para-hydroxylation sites is 1. The van der Waals surface area contributed by atoms with Crippen molar-refractivity contribution in [2.45, 2.75) is 46.0 Å². The van der Waals surface area contributed by atoms with Crippen molar-refractivity contribution in [2.75, 3.05) is 11.9 Å². The summed E-state index contributed by atoms with van der Waals surface area (Å²) in [6, 6.07) is 14.9. The van der Waals surface area contributed by atoms with Gasteiger partial charge in [0.25, 0.3) is 5.91 Å². The summed E-state index contributed by atoms with van der Waals surface area (Å²) in [7, 11) is 0. The van der Waals surface area contributed by atoms with Gasteiger partial charge < -0.3 is 10.1 Å². The molecule has 0 spiro atoms. The van der Waals surface area contributed by atoms with Gasteiger partial charge in [-0.15, -0.1) is 0 Å². The van der Waals surface area contributed by atoms with Crippen LogP contribution in [-0.4, -0.2) is 18.5 Å². The molecule has 2 aromatic carbocycles. The standard InChI is InChI=1S/C22H27NO3/c1-15(2)18-8-6-7-9-19(18)23-20(24)14-26-21(25)16-10-12-17(13-11-16)22(3,4)5/h6-13,15H,14H2,1-5H3,(H,23,24). The second-order valence-electron chi connectivity index (χ2n) is 7.69. The van der Waals surface area contributed by atoms with Gasteiger partial charge in [0, 0.05) is 5.69 Å². The molecule has 0 aliphatic rings. The van der Waals surface area contributed by atoms with Crippen molar-refractivity contribution in [3.05, 3.63) is 65.2 Å². The first-order valence-electron chi connectivity index (χ1n) is 8.85. The lowest BCUT2D eigenvalue weighted by Gasteiger charge is -2.18. The lowest BCUT2D eigenvalue weighted by molar-refractivity contribution is -0.119. The first kappa shape index (κ1) is 19.7. The lowest BCUT2D eigenvalue weighted by Crippen LogP contribution is -2.21. The second-order valence-corrected chi connectivity index (χ2v) is 7.69. The Labute approximate surface area is 155 Å². The van der Waals surface area contributed by atoms with Crippen LogP contribution in [-0.2, 0) is 14.9 Å². The zero-order valence-corrected chi connectivity index (χ0v) is 16.1. The van der Waals surface area contributed by atoms with E-state index in [9.17, 15) is 9.59 Å². The van der Waals surface area contributed by atoms with E-state index in [2.05, 4.69) is 39.9 Å². The van der Waals surface area contributed by atoms with Gasteiger partial charge in [-0.05, 0) is 40.7 Å². The predicted molar refractivity (Wildman–Crippen MR) is 105 cm³/mol. The van der Waals surface area contributed by atoms with E-state index >= 15 is 0 Å². The Balaban J connectivity index is 1.94. The van der Waals surface area contributed by atoms with Crippen LogP contribution in [0.4, 0.5) is 5.69 Å². The van der Waals surface area contributed by atoms with E-state index in [1.807, 2.05) is 36.4 Å². The summed E-state index contributed by atoms with van der Waals surface area (Å²) in [4.78, 5) is 24.3. The Morgan fingerprint density at radius 2 is 1.62 bits per heavy atom. The molecule has 4 nitrogen and oxygen atoms in total. The molecule has 138 valence electrons. The molecule has 2 aromatic rings. The Bertz CT molecular complexity index is 771. The maximum atomic E-state index is 12.1. The smallest absolute Gasteiger partial charge is 0.338 e. The highest BCUT2D eigenvalue weighted by Gasteiger charge is 2.16. The normalized spacial score (nSPS) is 11.3. The minimum atomic E-state index is -0.502. The molecule has 0 fully saturated rings. The first-order chi connectivity index (χ1) is 12.2. The van der Waals surface area contributed by atoms with Gasteiger partial charge in [0.1, 0.15) is 0 Å². The molecule has 1 N–H and O–H groups in total. The number of hydrogen-bond donors (Lipinski definition) is 1. The SMILES string of the molecule is CC(C)c1ccccc1NC(=O)COC(=O)c1ccc(C(C)(C)C)cc1. The van der Waals surface area contributed by atoms with Crippen molar-refractivity contribution >= 4 is 17.6 Å². The fraction of sp³-hybridized carbons (Fsp3) is 0.364. The van der Waals surface area contributed by atoms with E-state index in [4.69, 9.17) is 4.74 Å². The van der Waals surface area contributed by atoms with Gasteiger partial charge in [-0.25, -0.2) is 4.79 Å². The van der Waals surface area contributed by atoms with Crippen LogP contribution in [0, 0.1) is 0 Å². The number of anilines is 1. The molecule has 0 bridgehead atoms. The maximum Gasteiger partial charge on any atom is 0.338 e. The zero-order chi connectivity index (χ0) is 19.3. The summed E-state index contributed by atoms with van der Waals surface area (Å²) in [5.41, 5.74) is 3.39. The molecule has 1 amide bonds. The third-order valence-electron chi connectivity index (χ3n) is 4.18. The van der Waals surface area contributed by atoms with E-state index < -0.39 is 5.97 Å². The molecule has 0 saturated carbocycles. The molecule has 0 aromatic heterocycles. The molecule has 0 heterocycles. The monoisotopic (exact) mass is 353 g/mol. The number of ether oxygens (including phenoxy) is 1. The van der Waals surface area contributed by atoms with Gasteiger partial charge in [0.2, 0.25) is 0 Å². The van der Waals surface area contributed by atoms with Crippen LogP contribution in [0.1, 0.15) is 62.0 Å². The number of amides is 1. The number of rotatable bonds is 5. The number of esters is 1. The van der Waals surface area contributed by atoms with Gasteiger partial charge in [0.05, 0.1) is 5.56 Å². The summed E-state index contributed by atoms with van der Waals surface area (Å²) in [5.74, 6) is -0.564. The average molecular weight is 353 g/mol. The van der Waals surface area contributed by atoms with Crippen molar-refractivity contribution < 1.29 is 14.3 Å². The molecular formula is C22H27NO3. The molecule has 0 aliphatic carbocycles. The van der Waals surface area contributed by atoms with E-state index in [-0.39, 0.29) is 23.8 Å². The highest BCUT2D eigenvalue weighted by atomic mass is 16.5. The summed E-state index contributed by atoms with van der Waals surface area (Å²) >= 11 is 0. The van der Waals surface area contributed by atoms with Crippen LogP contribution in [0.25, 0.3) is 0 Å². The summed E-state index contributed by atoms with van der Waals surface area (Å²) < 4.78 is 5.14.